The van der Waals surface area contributed by atoms with Gasteiger partial charge in [0.15, 0.2) is 0 Å². The molecule has 0 aliphatic carbocycles. The molecular formula is C12H16N2O3S. The van der Waals surface area contributed by atoms with E-state index in [9.17, 15) is 8.42 Å². The minimum Gasteiger partial charge on any atom is -0.495 e. The van der Waals surface area contributed by atoms with E-state index in [0.29, 0.717) is 18.8 Å². The summed E-state index contributed by atoms with van der Waals surface area (Å²) in [6, 6.07) is 6.76. The molecule has 2 aliphatic heterocycles. The zero-order valence-corrected chi connectivity index (χ0v) is 11.0. The first-order valence-corrected chi connectivity index (χ1v) is 7.35. The third-order valence-corrected chi connectivity index (χ3v) is 5.54. The maximum absolute atomic E-state index is 12.4. The molecule has 2 heterocycles. The molecule has 18 heavy (non-hydrogen) atoms. The van der Waals surface area contributed by atoms with Gasteiger partial charge in [0.2, 0.25) is 10.0 Å². The molecule has 0 unspecified atom stereocenters. The second-order valence-corrected chi connectivity index (χ2v) is 6.93. The summed E-state index contributed by atoms with van der Waals surface area (Å²) in [4.78, 5) is 0.259. The average molecular weight is 268 g/mol. The predicted octanol–water partition coefficient (Wildman–Crippen LogP) is 0.289. The third-order valence-electron chi connectivity index (χ3n) is 3.71. The second-order valence-electron chi connectivity index (χ2n) is 5.03. The van der Waals surface area contributed by atoms with Crippen LogP contribution in [0.4, 0.5) is 0 Å². The molecule has 0 aromatic heterocycles. The minimum absolute atomic E-state index is 0.190. The molecule has 2 saturated heterocycles. The standard InChI is InChI=1S/C12H16N2O3S/c1-17-10-4-2-3-5-11(10)18(15,16)14-8-12(9-14)6-13-7-12/h2-5,13H,6-9H2,1H3. The van der Waals surface area contributed by atoms with E-state index in [2.05, 4.69) is 5.32 Å². The lowest BCUT2D eigenvalue weighted by Gasteiger charge is -2.55. The highest BCUT2D eigenvalue weighted by molar-refractivity contribution is 7.89. The monoisotopic (exact) mass is 268 g/mol. The van der Waals surface area contributed by atoms with Crippen molar-refractivity contribution in [1.82, 2.24) is 9.62 Å². The summed E-state index contributed by atoms with van der Waals surface area (Å²) >= 11 is 0. The van der Waals surface area contributed by atoms with Gasteiger partial charge in [0, 0.05) is 31.6 Å². The van der Waals surface area contributed by atoms with Gasteiger partial charge in [-0.15, -0.1) is 0 Å². The van der Waals surface area contributed by atoms with E-state index < -0.39 is 10.0 Å². The summed E-state index contributed by atoms with van der Waals surface area (Å²) in [5.74, 6) is 0.408. The van der Waals surface area contributed by atoms with Crippen molar-refractivity contribution < 1.29 is 13.2 Å². The molecule has 0 atom stereocenters. The van der Waals surface area contributed by atoms with Gasteiger partial charge in [0.25, 0.3) is 0 Å². The van der Waals surface area contributed by atoms with Gasteiger partial charge in [-0.3, -0.25) is 0 Å². The molecule has 0 saturated carbocycles. The number of hydrogen-bond donors (Lipinski definition) is 1. The highest BCUT2D eigenvalue weighted by Crippen LogP contribution is 2.39. The molecule has 3 rings (SSSR count). The number of methoxy groups -OCH3 is 1. The molecule has 2 aliphatic rings. The molecule has 1 aromatic carbocycles. The van der Waals surface area contributed by atoms with Crippen molar-refractivity contribution >= 4 is 10.0 Å². The molecule has 2 fully saturated rings. The Morgan fingerprint density at radius 2 is 1.94 bits per heavy atom. The first-order chi connectivity index (χ1) is 8.57. The van der Waals surface area contributed by atoms with Crippen LogP contribution in [0, 0.1) is 5.41 Å². The molecule has 0 radical (unpaired) electrons. The number of para-hydroxylation sites is 1. The molecule has 6 heteroatoms. The van der Waals surface area contributed by atoms with Gasteiger partial charge >= 0.3 is 0 Å². The van der Waals surface area contributed by atoms with Crippen LogP contribution in [0.3, 0.4) is 0 Å². The van der Waals surface area contributed by atoms with Crippen LogP contribution in [0.5, 0.6) is 5.75 Å². The molecule has 1 spiro atoms. The van der Waals surface area contributed by atoms with Gasteiger partial charge in [0.05, 0.1) is 7.11 Å². The Morgan fingerprint density at radius 1 is 1.28 bits per heavy atom. The predicted molar refractivity (Wildman–Crippen MR) is 67.1 cm³/mol. The highest BCUT2D eigenvalue weighted by atomic mass is 32.2. The van der Waals surface area contributed by atoms with Crippen LogP contribution in [0.1, 0.15) is 0 Å². The van der Waals surface area contributed by atoms with Gasteiger partial charge < -0.3 is 10.1 Å². The Kier molecular flexibility index (Phi) is 2.62. The highest BCUT2D eigenvalue weighted by Gasteiger charge is 2.52. The largest absolute Gasteiger partial charge is 0.495 e. The van der Waals surface area contributed by atoms with Gasteiger partial charge in [-0.1, -0.05) is 12.1 Å². The maximum Gasteiger partial charge on any atom is 0.246 e. The summed E-state index contributed by atoms with van der Waals surface area (Å²) in [6.07, 6.45) is 0. The van der Waals surface area contributed by atoms with E-state index in [4.69, 9.17) is 4.74 Å². The summed E-state index contributed by atoms with van der Waals surface area (Å²) in [5, 5.41) is 3.19. The van der Waals surface area contributed by atoms with Crippen LogP contribution in [0.2, 0.25) is 0 Å². The number of hydrogen-bond acceptors (Lipinski definition) is 4. The summed E-state index contributed by atoms with van der Waals surface area (Å²) in [5.41, 5.74) is 0.190. The third kappa shape index (κ3) is 1.64. The summed E-state index contributed by atoms with van der Waals surface area (Å²) < 4.78 is 31.6. The van der Waals surface area contributed by atoms with Crippen LogP contribution in [0.15, 0.2) is 29.2 Å². The molecular weight excluding hydrogens is 252 g/mol. The van der Waals surface area contributed by atoms with E-state index >= 15 is 0 Å². The van der Waals surface area contributed by atoms with Crippen molar-refractivity contribution in [3.05, 3.63) is 24.3 Å². The summed E-state index contributed by atoms with van der Waals surface area (Å²) in [7, 11) is -1.92. The zero-order chi connectivity index (χ0) is 12.8. The SMILES string of the molecule is COc1ccccc1S(=O)(=O)N1CC2(CNC2)C1. The van der Waals surface area contributed by atoms with E-state index in [-0.39, 0.29) is 10.3 Å². The lowest BCUT2D eigenvalue weighted by atomic mass is 9.76. The fourth-order valence-electron chi connectivity index (χ4n) is 2.55. The van der Waals surface area contributed by atoms with Gasteiger partial charge in [-0.05, 0) is 12.1 Å². The van der Waals surface area contributed by atoms with Crippen LogP contribution >= 0.6 is 0 Å². The normalized spacial score (nSPS) is 22.3. The van der Waals surface area contributed by atoms with Crippen molar-refractivity contribution in [3.63, 3.8) is 0 Å². The van der Waals surface area contributed by atoms with E-state index in [1.165, 1.54) is 11.4 Å². The Hall–Kier alpha value is -1.11. The van der Waals surface area contributed by atoms with Crippen LogP contribution in [-0.4, -0.2) is 46.0 Å². The Balaban J connectivity index is 1.86. The first-order valence-electron chi connectivity index (χ1n) is 5.91. The Labute approximate surface area is 107 Å². The number of ether oxygens (including phenoxy) is 1. The Morgan fingerprint density at radius 3 is 2.50 bits per heavy atom. The fraction of sp³-hybridized carbons (Fsp3) is 0.500. The average Bonchev–Trinajstić information content (AvgIpc) is 2.25. The van der Waals surface area contributed by atoms with Gasteiger partial charge in [-0.2, -0.15) is 4.31 Å². The number of rotatable bonds is 3. The molecule has 0 bridgehead atoms. The maximum atomic E-state index is 12.4. The van der Waals surface area contributed by atoms with Crippen molar-refractivity contribution in [2.24, 2.45) is 5.41 Å². The lowest BCUT2D eigenvalue weighted by Crippen LogP contribution is -2.71. The smallest absolute Gasteiger partial charge is 0.246 e. The number of nitrogens with one attached hydrogen (secondary N) is 1. The molecule has 5 nitrogen and oxygen atoms in total. The lowest BCUT2D eigenvalue weighted by molar-refractivity contribution is 0.0163. The minimum atomic E-state index is -3.41. The van der Waals surface area contributed by atoms with Crippen LogP contribution in [0.25, 0.3) is 0 Å². The van der Waals surface area contributed by atoms with E-state index in [1.807, 2.05) is 0 Å². The first kappa shape index (κ1) is 12.0. The Bertz CT molecular complexity index is 558. The fourth-order valence-corrected chi connectivity index (χ4v) is 4.37. The van der Waals surface area contributed by atoms with Crippen molar-refractivity contribution in [1.29, 1.82) is 0 Å². The zero-order valence-electron chi connectivity index (χ0n) is 10.2. The number of nitrogens with zero attached hydrogens (tertiary/aromatic N) is 1. The van der Waals surface area contributed by atoms with Crippen molar-refractivity contribution in [3.8, 4) is 5.75 Å². The topological polar surface area (TPSA) is 58.6 Å². The molecule has 0 amide bonds. The number of sulfonamides is 1. The summed E-state index contributed by atoms with van der Waals surface area (Å²) in [6.45, 7) is 3.07. The molecule has 1 N–H and O–H groups in total. The van der Waals surface area contributed by atoms with E-state index in [1.54, 1.807) is 24.3 Å². The van der Waals surface area contributed by atoms with Gasteiger partial charge in [-0.25, -0.2) is 8.42 Å². The van der Waals surface area contributed by atoms with Crippen LogP contribution in [-0.2, 0) is 10.0 Å². The van der Waals surface area contributed by atoms with Crippen molar-refractivity contribution in [2.75, 3.05) is 33.3 Å². The number of benzene rings is 1. The van der Waals surface area contributed by atoms with E-state index in [0.717, 1.165) is 13.1 Å². The van der Waals surface area contributed by atoms with Crippen LogP contribution < -0.4 is 10.1 Å². The molecule has 98 valence electrons. The van der Waals surface area contributed by atoms with Gasteiger partial charge in [0.1, 0.15) is 10.6 Å². The quantitative estimate of drug-likeness (QED) is 0.856. The van der Waals surface area contributed by atoms with Crippen molar-refractivity contribution in [2.45, 2.75) is 4.90 Å². The second kappa shape index (κ2) is 3.94. The molecule has 1 aromatic rings.